The smallest absolute Gasteiger partial charge is 0.267 e. The molecule has 6 heteroatoms. The molecule has 0 spiro atoms. The Balaban J connectivity index is 2.20. The van der Waals surface area contributed by atoms with E-state index in [9.17, 15) is 9.59 Å². The van der Waals surface area contributed by atoms with E-state index in [1.165, 1.54) is 0 Å². The summed E-state index contributed by atoms with van der Waals surface area (Å²) in [6.45, 7) is 0. The lowest BCUT2D eigenvalue weighted by Crippen LogP contribution is -2.20. The predicted octanol–water partition coefficient (Wildman–Crippen LogP) is 3.67. The second-order valence-electron chi connectivity index (χ2n) is 4.77. The van der Waals surface area contributed by atoms with Crippen LogP contribution in [-0.4, -0.2) is 10.2 Å². The Morgan fingerprint density at radius 2 is 1.14 bits per heavy atom. The zero-order valence-electron chi connectivity index (χ0n) is 11.3. The lowest BCUT2D eigenvalue weighted by Gasteiger charge is -2.07. The third-order valence-corrected chi connectivity index (χ3v) is 5.33. The molecule has 0 unspecified atom stereocenters. The second-order valence-corrected chi connectivity index (χ2v) is 6.67. The van der Waals surface area contributed by atoms with Gasteiger partial charge < -0.3 is 0 Å². The highest BCUT2D eigenvalue weighted by atomic mass is 32.1. The molecule has 0 atom stereocenters. The molecular formula is C16H10N2O2S2. The van der Waals surface area contributed by atoms with Gasteiger partial charge in [0.1, 0.15) is 0 Å². The van der Waals surface area contributed by atoms with Gasteiger partial charge in [0.05, 0.1) is 10.8 Å². The molecule has 3 heterocycles. The van der Waals surface area contributed by atoms with Gasteiger partial charge in [-0.15, -0.1) is 22.7 Å². The van der Waals surface area contributed by atoms with Crippen molar-refractivity contribution in [1.29, 1.82) is 0 Å². The molecule has 4 nitrogen and oxygen atoms in total. The van der Waals surface area contributed by atoms with Gasteiger partial charge in [-0.3, -0.25) is 19.8 Å². The van der Waals surface area contributed by atoms with Crippen LogP contribution in [0.3, 0.4) is 0 Å². The summed E-state index contributed by atoms with van der Waals surface area (Å²) in [7, 11) is 0. The van der Waals surface area contributed by atoms with E-state index in [0.717, 1.165) is 20.9 Å². The monoisotopic (exact) mass is 326 g/mol. The molecule has 2 N–H and O–H groups in total. The van der Waals surface area contributed by atoms with Gasteiger partial charge in [-0.1, -0.05) is 24.3 Å². The first-order chi connectivity index (χ1) is 10.8. The van der Waals surface area contributed by atoms with Crippen molar-refractivity contribution < 1.29 is 0 Å². The molecule has 22 heavy (non-hydrogen) atoms. The Hall–Kier alpha value is -2.44. The van der Waals surface area contributed by atoms with Crippen molar-refractivity contribution in [1.82, 2.24) is 10.2 Å². The Morgan fingerprint density at radius 3 is 1.50 bits per heavy atom. The number of H-pyrrole nitrogens is 2. The molecule has 0 saturated carbocycles. The number of aromatic nitrogens is 2. The second kappa shape index (κ2) is 5.08. The highest BCUT2D eigenvalue weighted by Crippen LogP contribution is 2.35. The van der Waals surface area contributed by atoms with Crippen molar-refractivity contribution in [3.05, 3.63) is 67.9 Å². The van der Waals surface area contributed by atoms with Crippen LogP contribution < -0.4 is 11.1 Å². The first kappa shape index (κ1) is 13.2. The van der Waals surface area contributed by atoms with Gasteiger partial charge in [0.2, 0.25) is 0 Å². The summed E-state index contributed by atoms with van der Waals surface area (Å²) < 4.78 is 0. The van der Waals surface area contributed by atoms with Crippen molar-refractivity contribution in [2.45, 2.75) is 0 Å². The van der Waals surface area contributed by atoms with Crippen LogP contribution in [0.5, 0.6) is 0 Å². The fourth-order valence-corrected chi connectivity index (χ4v) is 4.10. The number of benzene rings is 1. The van der Waals surface area contributed by atoms with Crippen LogP contribution in [0.2, 0.25) is 0 Å². The van der Waals surface area contributed by atoms with E-state index in [1.807, 2.05) is 47.2 Å². The summed E-state index contributed by atoms with van der Waals surface area (Å²) in [5.41, 5.74) is 1.02. The largest absolute Gasteiger partial charge is 0.271 e. The van der Waals surface area contributed by atoms with E-state index in [1.54, 1.807) is 22.7 Å². The summed E-state index contributed by atoms with van der Waals surface area (Å²) in [5.74, 6) is 0. The van der Waals surface area contributed by atoms with E-state index in [-0.39, 0.29) is 11.1 Å². The van der Waals surface area contributed by atoms with Gasteiger partial charge >= 0.3 is 0 Å². The molecule has 1 aromatic carbocycles. The van der Waals surface area contributed by atoms with Crippen LogP contribution in [0.25, 0.3) is 31.7 Å². The van der Waals surface area contributed by atoms with E-state index in [2.05, 4.69) is 10.2 Å². The molecule has 0 aliphatic carbocycles. The van der Waals surface area contributed by atoms with Gasteiger partial charge in [-0.05, 0) is 22.9 Å². The van der Waals surface area contributed by atoms with Gasteiger partial charge in [0.25, 0.3) is 11.1 Å². The first-order valence-corrected chi connectivity index (χ1v) is 8.37. The van der Waals surface area contributed by atoms with Crippen LogP contribution in [0.15, 0.2) is 56.7 Å². The summed E-state index contributed by atoms with van der Waals surface area (Å²) in [6.07, 6.45) is 0. The van der Waals surface area contributed by atoms with Crippen molar-refractivity contribution in [2.75, 3.05) is 0 Å². The summed E-state index contributed by atoms with van der Waals surface area (Å²) >= 11 is 3.09. The number of rotatable bonds is 2. The lowest BCUT2D eigenvalue weighted by atomic mass is 10.00. The Labute approximate surface area is 132 Å². The molecule has 0 bridgehead atoms. The molecule has 0 fully saturated rings. The molecule has 0 amide bonds. The molecular weight excluding hydrogens is 316 g/mol. The number of fused-ring (bicyclic) bond motifs is 1. The molecule has 3 aromatic heterocycles. The molecule has 4 rings (SSSR count). The minimum absolute atomic E-state index is 0.281. The standard InChI is InChI=1S/C16H10N2O2S2/c19-15-13-9(11-3-1-7-21-11)5-6-10(12-4-2-8-22-12)14(13)16(20)18-17-15/h1-8H,(H,17,19)(H,18,20). The first-order valence-electron chi connectivity index (χ1n) is 6.61. The fourth-order valence-electron chi connectivity index (χ4n) is 2.59. The van der Waals surface area contributed by atoms with Crippen molar-refractivity contribution >= 4 is 33.4 Å². The minimum atomic E-state index is -0.281. The van der Waals surface area contributed by atoms with Gasteiger partial charge in [0.15, 0.2) is 0 Å². The third kappa shape index (κ3) is 1.96. The summed E-state index contributed by atoms with van der Waals surface area (Å²) in [4.78, 5) is 26.6. The van der Waals surface area contributed by atoms with Gasteiger partial charge in [-0.25, -0.2) is 0 Å². The van der Waals surface area contributed by atoms with Crippen LogP contribution >= 0.6 is 22.7 Å². The zero-order chi connectivity index (χ0) is 15.1. The van der Waals surface area contributed by atoms with Crippen molar-refractivity contribution in [3.8, 4) is 20.9 Å². The molecule has 108 valence electrons. The SMILES string of the molecule is O=c1[nH][nH]c(=O)c2c(-c3cccs3)ccc(-c3cccs3)c12. The van der Waals surface area contributed by atoms with E-state index in [4.69, 9.17) is 0 Å². The number of hydrogen-bond acceptors (Lipinski definition) is 4. The average Bonchev–Trinajstić information content (AvgIpc) is 3.22. The van der Waals surface area contributed by atoms with Gasteiger partial charge in [0, 0.05) is 20.9 Å². The summed E-state index contributed by atoms with van der Waals surface area (Å²) in [5, 5.41) is 9.66. The Morgan fingerprint density at radius 1 is 0.682 bits per heavy atom. The van der Waals surface area contributed by atoms with Gasteiger partial charge in [-0.2, -0.15) is 0 Å². The van der Waals surface area contributed by atoms with E-state index < -0.39 is 0 Å². The molecule has 0 radical (unpaired) electrons. The number of aromatic amines is 2. The maximum atomic E-state index is 12.4. The normalized spacial score (nSPS) is 11.1. The predicted molar refractivity (Wildman–Crippen MR) is 91.8 cm³/mol. The molecule has 0 aliphatic rings. The van der Waals surface area contributed by atoms with Crippen LogP contribution in [0.4, 0.5) is 0 Å². The number of nitrogens with one attached hydrogen (secondary N) is 2. The third-order valence-electron chi connectivity index (χ3n) is 3.52. The van der Waals surface area contributed by atoms with Crippen LogP contribution in [0, 0.1) is 0 Å². The highest BCUT2D eigenvalue weighted by molar-refractivity contribution is 7.14. The number of hydrogen-bond donors (Lipinski definition) is 2. The zero-order valence-corrected chi connectivity index (χ0v) is 12.9. The van der Waals surface area contributed by atoms with E-state index >= 15 is 0 Å². The van der Waals surface area contributed by atoms with Crippen LogP contribution in [-0.2, 0) is 0 Å². The number of thiophene rings is 2. The Bertz CT molecular complexity index is 971. The minimum Gasteiger partial charge on any atom is -0.267 e. The Kier molecular flexibility index (Phi) is 3.06. The van der Waals surface area contributed by atoms with Crippen molar-refractivity contribution in [3.63, 3.8) is 0 Å². The fraction of sp³-hybridized carbons (Fsp3) is 0. The summed E-state index contributed by atoms with van der Waals surface area (Å²) in [6, 6.07) is 11.6. The van der Waals surface area contributed by atoms with E-state index in [0.29, 0.717) is 10.8 Å². The highest BCUT2D eigenvalue weighted by Gasteiger charge is 2.16. The maximum Gasteiger partial charge on any atom is 0.271 e. The van der Waals surface area contributed by atoms with Crippen molar-refractivity contribution in [2.24, 2.45) is 0 Å². The molecule has 4 aromatic rings. The quantitative estimate of drug-likeness (QED) is 0.590. The molecule has 0 saturated heterocycles. The van der Waals surface area contributed by atoms with Crippen LogP contribution in [0.1, 0.15) is 0 Å². The lowest BCUT2D eigenvalue weighted by molar-refractivity contribution is 0.977. The maximum absolute atomic E-state index is 12.4. The topological polar surface area (TPSA) is 65.7 Å². The molecule has 0 aliphatic heterocycles. The average molecular weight is 326 g/mol.